The summed E-state index contributed by atoms with van der Waals surface area (Å²) in [6, 6.07) is 0. The molecule has 0 bridgehead atoms. The molecule has 4 heteroatoms. The van der Waals surface area contributed by atoms with E-state index >= 15 is 0 Å². The van der Waals surface area contributed by atoms with Gasteiger partial charge in [-0.25, -0.2) is 4.68 Å². The lowest BCUT2D eigenvalue weighted by atomic mass is 10.1. The lowest BCUT2D eigenvalue weighted by molar-refractivity contribution is 0.511. The molecule has 0 aliphatic carbocycles. The lowest BCUT2D eigenvalue weighted by Gasteiger charge is -2.01. The fourth-order valence-electron chi connectivity index (χ4n) is 1.62. The molecule has 86 valence electrons. The molecular weight excluding hydrogens is 206 g/mol. The minimum atomic E-state index is 0.584. The minimum Gasteiger partial charge on any atom is -0.274 e. The molecule has 0 aromatic carbocycles. The van der Waals surface area contributed by atoms with E-state index in [0.29, 0.717) is 4.80 Å². The van der Waals surface area contributed by atoms with Crippen molar-refractivity contribution in [3.8, 4) is 0 Å². The van der Waals surface area contributed by atoms with E-state index in [1.165, 1.54) is 43.4 Å². The summed E-state index contributed by atoms with van der Waals surface area (Å²) >= 11 is 1.46. The summed E-state index contributed by atoms with van der Waals surface area (Å²) in [7, 11) is 0. The van der Waals surface area contributed by atoms with Gasteiger partial charge in [0.1, 0.15) is 5.01 Å². The zero-order valence-corrected chi connectivity index (χ0v) is 10.6. The van der Waals surface area contributed by atoms with Crippen LogP contribution in [-0.4, -0.2) is 9.78 Å². The zero-order chi connectivity index (χ0) is 11.1. The van der Waals surface area contributed by atoms with E-state index in [4.69, 9.17) is 5.41 Å². The number of aromatic nitrogens is 2. The van der Waals surface area contributed by atoms with Gasteiger partial charge in [0, 0.05) is 6.54 Å². The topological polar surface area (TPSA) is 41.7 Å². The summed E-state index contributed by atoms with van der Waals surface area (Å²) in [6.07, 6.45) is 7.76. The monoisotopic (exact) mass is 227 g/mol. The second-order valence-corrected chi connectivity index (χ2v) is 5.10. The van der Waals surface area contributed by atoms with Gasteiger partial charge in [-0.3, -0.25) is 5.41 Å². The van der Waals surface area contributed by atoms with E-state index in [1.54, 1.807) is 0 Å². The number of nitrogens with zero attached hydrogens (tertiary/aromatic N) is 2. The highest BCUT2D eigenvalue weighted by atomic mass is 32.1. The van der Waals surface area contributed by atoms with Gasteiger partial charge in [-0.05, 0) is 13.3 Å². The molecule has 0 aliphatic rings. The highest BCUT2D eigenvalue weighted by molar-refractivity contribution is 7.08. The number of aryl methyl sites for hydroxylation is 2. The van der Waals surface area contributed by atoms with Crippen molar-refractivity contribution >= 4 is 11.3 Å². The van der Waals surface area contributed by atoms with Gasteiger partial charge in [0.05, 0.1) is 0 Å². The summed E-state index contributed by atoms with van der Waals surface area (Å²) in [5.41, 5.74) is 0. The number of rotatable bonds is 7. The third-order valence-corrected chi connectivity index (χ3v) is 3.24. The molecule has 1 N–H and O–H groups in total. The average Bonchev–Trinajstić information content (AvgIpc) is 2.51. The van der Waals surface area contributed by atoms with Crippen molar-refractivity contribution in [2.75, 3.05) is 0 Å². The highest BCUT2D eigenvalue weighted by Crippen LogP contribution is 2.05. The number of nitrogens with one attached hydrogen (secondary N) is 1. The SMILES string of the molecule is CCCCCCCCn1nc(C)sc1=N. The van der Waals surface area contributed by atoms with Crippen molar-refractivity contribution in [3.63, 3.8) is 0 Å². The van der Waals surface area contributed by atoms with Crippen LogP contribution in [0.3, 0.4) is 0 Å². The third-order valence-electron chi connectivity index (χ3n) is 2.46. The van der Waals surface area contributed by atoms with Crippen molar-refractivity contribution in [2.45, 2.75) is 58.9 Å². The Kier molecular flexibility index (Phi) is 5.61. The van der Waals surface area contributed by atoms with Gasteiger partial charge in [-0.2, -0.15) is 5.10 Å². The van der Waals surface area contributed by atoms with Crippen LogP contribution in [0.1, 0.15) is 50.5 Å². The smallest absolute Gasteiger partial charge is 0.200 e. The third kappa shape index (κ3) is 4.60. The predicted molar refractivity (Wildman–Crippen MR) is 64.1 cm³/mol. The van der Waals surface area contributed by atoms with E-state index in [9.17, 15) is 0 Å². The van der Waals surface area contributed by atoms with Crippen molar-refractivity contribution in [1.29, 1.82) is 5.41 Å². The summed E-state index contributed by atoms with van der Waals surface area (Å²) < 4.78 is 1.82. The van der Waals surface area contributed by atoms with Crippen molar-refractivity contribution < 1.29 is 0 Å². The Labute approximate surface area is 95.7 Å². The summed E-state index contributed by atoms with van der Waals surface area (Å²) in [5, 5.41) is 12.9. The van der Waals surface area contributed by atoms with Gasteiger partial charge in [-0.1, -0.05) is 50.4 Å². The number of unbranched alkanes of at least 4 members (excludes halogenated alkanes) is 5. The summed E-state index contributed by atoms with van der Waals surface area (Å²) in [4.78, 5) is 0.584. The number of hydrogen-bond donors (Lipinski definition) is 1. The molecule has 1 heterocycles. The van der Waals surface area contributed by atoms with E-state index in [0.717, 1.165) is 18.0 Å². The fourth-order valence-corrected chi connectivity index (χ4v) is 2.28. The van der Waals surface area contributed by atoms with Crippen molar-refractivity contribution in [1.82, 2.24) is 9.78 Å². The molecule has 0 atom stereocenters. The minimum absolute atomic E-state index is 0.584. The predicted octanol–water partition coefficient (Wildman–Crippen LogP) is 3.09. The maximum atomic E-state index is 7.66. The molecule has 0 fully saturated rings. The van der Waals surface area contributed by atoms with Crippen molar-refractivity contribution in [2.24, 2.45) is 0 Å². The van der Waals surface area contributed by atoms with Crippen LogP contribution >= 0.6 is 11.3 Å². The maximum Gasteiger partial charge on any atom is 0.200 e. The first-order valence-corrected chi connectivity index (χ1v) is 6.65. The largest absolute Gasteiger partial charge is 0.274 e. The van der Waals surface area contributed by atoms with Gasteiger partial charge >= 0.3 is 0 Å². The second-order valence-electron chi connectivity index (χ2n) is 3.92. The Hall–Kier alpha value is -0.640. The van der Waals surface area contributed by atoms with Crippen LogP contribution in [0.25, 0.3) is 0 Å². The van der Waals surface area contributed by atoms with E-state index in [-0.39, 0.29) is 0 Å². The highest BCUT2D eigenvalue weighted by Gasteiger charge is 1.98. The van der Waals surface area contributed by atoms with Crippen LogP contribution in [0, 0.1) is 12.3 Å². The quantitative estimate of drug-likeness (QED) is 0.715. The van der Waals surface area contributed by atoms with Crippen LogP contribution in [-0.2, 0) is 6.54 Å². The Morgan fingerprint density at radius 3 is 2.47 bits per heavy atom. The van der Waals surface area contributed by atoms with Crippen LogP contribution in [0.4, 0.5) is 0 Å². The standard InChI is InChI=1S/C11H21N3S/c1-3-4-5-6-7-8-9-14-11(12)15-10(2)13-14/h12H,3-9H2,1-2H3. The molecule has 0 saturated carbocycles. The van der Waals surface area contributed by atoms with Gasteiger partial charge in [0.2, 0.25) is 0 Å². The molecule has 1 aromatic heterocycles. The van der Waals surface area contributed by atoms with Crippen LogP contribution in [0.2, 0.25) is 0 Å². The van der Waals surface area contributed by atoms with E-state index in [2.05, 4.69) is 12.0 Å². The molecule has 0 saturated heterocycles. The van der Waals surface area contributed by atoms with Gasteiger partial charge in [0.25, 0.3) is 0 Å². The Morgan fingerprint density at radius 1 is 1.20 bits per heavy atom. The molecule has 0 aliphatic heterocycles. The molecule has 3 nitrogen and oxygen atoms in total. The van der Waals surface area contributed by atoms with Gasteiger partial charge in [0.15, 0.2) is 4.80 Å². The fraction of sp³-hybridized carbons (Fsp3) is 0.818. The molecule has 15 heavy (non-hydrogen) atoms. The maximum absolute atomic E-state index is 7.66. The van der Waals surface area contributed by atoms with E-state index < -0.39 is 0 Å². The first kappa shape index (κ1) is 12.4. The Morgan fingerprint density at radius 2 is 1.87 bits per heavy atom. The van der Waals surface area contributed by atoms with Crippen LogP contribution in [0.5, 0.6) is 0 Å². The molecule has 1 rings (SSSR count). The zero-order valence-electron chi connectivity index (χ0n) is 9.75. The van der Waals surface area contributed by atoms with Crippen molar-refractivity contribution in [3.05, 3.63) is 9.81 Å². The first-order chi connectivity index (χ1) is 7.24. The molecule has 0 spiro atoms. The van der Waals surface area contributed by atoms with Crippen LogP contribution < -0.4 is 4.80 Å². The summed E-state index contributed by atoms with van der Waals surface area (Å²) in [5.74, 6) is 0. The first-order valence-electron chi connectivity index (χ1n) is 5.83. The second kappa shape index (κ2) is 6.77. The molecule has 1 aromatic rings. The number of hydrogen-bond acceptors (Lipinski definition) is 3. The Bertz CT molecular complexity index is 327. The normalized spacial score (nSPS) is 10.8. The summed E-state index contributed by atoms with van der Waals surface area (Å²) in [6.45, 7) is 5.11. The lowest BCUT2D eigenvalue weighted by Crippen LogP contribution is -2.14. The van der Waals surface area contributed by atoms with Gasteiger partial charge in [-0.15, -0.1) is 0 Å². The van der Waals surface area contributed by atoms with Crippen LogP contribution in [0.15, 0.2) is 0 Å². The molecule has 0 unspecified atom stereocenters. The average molecular weight is 227 g/mol. The van der Waals surface area contributed by atoms with E-state index in [1.807, 2.05) is 11.6 Å². The Balaban J connectivity index is 2.15. The molecule has 0 amide bonds. The van der Waals surface area contributed by atoms with Gasteiger partial charge < -0.3 is 0 Å². The molecule has 0 radical (unpaired) electrons. The molecular formula is C11H21N3S.